The maximum atomic E-state index is 12.2. The van der Waals surface area contributed by atoms with E-state index >= 15 is 0 Å². The molecule has 2 nitrogen and oxygen atoms in total. The molecule has 90 valence electrons. The first-order valence-corrected chi connectivity index (χ1v) is 5.86. The van der Waals surface area contributed by atoms with E-state index in [-0.39, 0.29) is 16.7 Å². The number of hydrogen-bond acceptors (Lipinski definition) is 1. The van der Waals surface area contributed by atoms with Crippen LogP contribution in [0.4, 0.5) is 0 Å². The van der Waals surface area contributed by atoms with Gasteiger partial charge >= 0.3 is 0 Å². The molecule has 0 aliphatic heterocycles. The highest BCUT2D eigenvalue weighted by molar-refractivity contribution is 5.81. The largest absolute Gasteiger partial charge is 0.345 e. The first-order valence-electron chi connectivity index (χ1n) is 5.86. The minimum absolute atomic E-state index is 0.173. The second-order valence-corrected chi connectivity index (χ2v) is 6.36. The molecule has 0 heterocycles. The van der Waals surface area contributed by atoms with Gasteiger partial charge in [-0.3, -0.25) is 4.79 Å². The third kappa shape index (κ3) is 5.19. The Hall–Kier alpha value is -0.530. The van der Waals surface area contributed by atoms with Crippen LogP contribution in [0.3, 0.4) is 0 Å². The molecule has 0 radical (unpaired) electrons. The SMILES string of the molecule is CCCC(C)(C)C(=O)N(C)CC(C)(C)C. The molecule has 0 N–H and O–H groups in total. The molecular formula is C13H27NO. The van der Waals surface area contributed by atoms with Gasteiger partial charge in [0.15, 0.2) is 0 Å². The van der Waals surface area contributed by atoms with Gasteiger partial charge in [-0.05, 0) is 11.8 Å². The van der Waals surface area contributed by atoms with E-state index in [9.17, 15) is 4.79 Å². The summed E-state index contributed by atoms with van der Waals surface area (Å²) in [6.07, 6.45) is 2.02. The maximum Gasteiger partial charge on any atom is 0.227 e. The molecule has 0 saturated carbocycles. The highest BCUT2D eigenvalue weighted by Crippen LogP contribution is 2.26. The van der Waals surface area contributed by atoms with Crippen LogP contribution in [0.15, 0.2) is 0 Å². The molecule has 15 heavy (non-hydrogen) atoms. The summed E-state index contributed by atoms with van der Waals surface area (Å²) in [6, 6.07) is 0. The van der Waals surface area contributed by atoms with E-state index in [2.05, 4.69) is 27.7 Å². The molecule has 1 amide bonds. The second-order valence-electron chi connectivity index (χ2n) is 6.36. The van der Waals surface area contributed by atoms with Crippen LogP contribution < -0.4 is 0 Å². The normalized spacial score (nSPS) is 12.7. The van der Waals surface area contributed by atoms with E-state index in [1.54, 1.807) is 0 Å². The second kappa shape index (κ2) is 5.00. The van der Waals surface area contributed by atoms with E-state index in [1.807, 2.05) is 25.8 Å². The van der Waals surface area contributed by atoms with Crippen LogP contribution in [0.2, 0.25) is 0 Å². The van der Waals surface area contributed by atoms with E-state index < -0.39 is 0 Å². The molecule has 0 aromatic carbocycles. The van der Waals surface area contributed by atoms with E-state index in [0.29, 0.717) is 0 Å². The van der Waals surface area contributed by atoms with Gasteiger partial charge in [0.25, 0.3) is 0 Å². The van der Waals surface area contributed by atoms with Gasteiger partial charge in [-0.25, -0.2) is 0 Å². The van der Waals surface area contributed by atoms with Crippen LogP contribution in [-0.2, 0) is 4.79 Å². The predicted octanol–water partition coefficient (Wildman–Crippen LogP) is 3.32. The Labute approximate surface area is 95.0 Å². The standard InChI is InChI=1S/C13H27NO/c1-8-9-13(5,6)11(15)14(7)10-12(2,3)4/h8-10H2,1-7H3. The smallest absolute Gasteiger partial charge is 0.227 e. The van der Waals surface area contributed by atoms with Gasteiger partial charge in [-0.15, -0.1) is 0 Å². The van der Waals surface area contributed by atoms with Gasteiger partial charge in [0, 0.05) is 19.0 Å². The predicted molar refractivity (Wildman–Crippen MR) is 65.8 cm³/mol. The molecule has 2 heteroatoms. The number of carbonyl (C=O) groups excluding carboxylic acids is 1. The number of nitrogens with zero attached hydrogens (tertiary/aromatic N) is 1. The zero-order valence-electron chi connectivity index (χ0n) is 11.5. The van der Waals surface area contributed by atoms with Gasteiger partial charge in [0.05, 0.1) is 0 Å². The molecule has 0 aromatic rings. The van der Waals surface area contributed by atoms with Crippen molar-refractivity contribution in [2.45, 2.75) is 54.4 Å². The van der Waals surface area contributed by atoms with Gasteiger partial charge in [0.2, 0.25) is 5.91 Å². The summed E-state index contributed by atoms with van der Waals surface area (Å²) in [6.45, 7) is 13.5. The van der Waals surface area contributed by atoms with E-state index in [4.69, 9.17) is 0 Å². The average molecular weight is 213 g/mol. The number of carbonyl (C=O) groups is 1. The summed E-state index contributed by atoms with van der Waals surface area (Å²) in [5, 5.41) is 0. The number of rotatable bonds is 4. The van der Waals surface area contributed by atoms with E-state index in [1.165, 1.54) is 0 Å². The Bertz CT molecular complexity index is 213. The molecule has 0 atom stereocenters. The molecular weight excluding hydrogens is 186 g/mol. The van der Waals surface area contributed by atoms with Crippen molar-refractivity contribution < 1.29 is 4.79 Å². The van der Waals surface area contributed by atoms with Crippen LogP contribution in [0, 0.1) is 10.8 Å². The summed E-state index contributed by atoms with van der Waals surface area (Å²) in [5.41, 5.74) is -0.0402. The van der Waals surface area contributed by atoms with Gasteiger partial charge in [-0.1, -0.05) is 48.0 Å². The van der Waals surface area contributed by atoms with Crippen LogP contribution in [0.1, 0.15) is 54.4 Å². The van der Waals surface area contributed by atoms with Crippen molar-refractivity contribution in [1.29, 1.82) is 0 Å². The lowest BCUT2D eigenvalue weighted by Gasteiger charge is -2.33. The van der Waals surface area contributed by atoms with Crippen LogP contribution in [-0.4, -0.2) is 24.4 Å². The minimum Gasteiger partial charge on any atom is -0.345 e. The molecule has 0 spiro atoms. The Morgan fingerprint density at radius 1 is 1.13 bits per heavy atom. The topological polar surface area (TPSA) is 20.3 Å². The lowest BCUT2D eigenvalue weighted by molar-refractivity contribution is -0.140. The van der Waals surface area contributed by atoms with Crippen molar-refractivity contribution in [2.24, 2.45) is 10.8 Å². The third-order valence-electron chi connectivity index (χ3n) is 2.51. The molecule has 0 rings (SSSR count). The molecule has 0 fully saturated rings. The Kier molecular flexibility index (Phi) is 4.82. The average Bonchev–Trinajstić information content (AvgIpc) is 1.99. The fraction of sp³-hybridized carbons (Fsp3) is 0.923. The monoisotopic (exact) mass is 213 g/mol. The third-order valence-corrected chi connectivity index (χ3v) is 2.51. The zero-order valence-corrected chi connectivity index (χ0v) is 11.5. The molecule has 0 bridgehead atoms. The number of hydrogen-bond donors (Lipinski definition) is 0. The van der Waals surface area contributed by atoms with Crippen molar-refractivity contribution in [3.05, 3.63) is 0 Å². The lowest BCUT2D eigenvalue weighted by Crippen LogP contribution is -2.42. The van der Waals surface area contributed by atoms with Crippen molar-refractivity contribution >= 4 is 5.91 Å². The first kappa shape index (κ1) is 14.5. The van der Waals surface area contributed by atoms with Gasteiger partial charge in [-0.2, -0.15) is 0 Å². The maximum absolute atomic E-state index is 12.2. The van der Waals surface area contributed by atoms with Crippen LogP contribution in [0.25, 0.3) is 0 Å². The van der Waals surface area contributed by atoms with Crippen molar-refractivity contribution in [3.8, 4) is 0 Å². The fourth-order valence-electron chi connectivity index (χ4n) is 2.03. The summed E-state index contributed by atoms with van der Waals surface area (Å²) < 4.78 is 0. The zero-order chi connectivity index (χ0) is 12.3. The molecule has 0 unspecified atom stereocenters. The fourth-order valence-corrected chi connectivity index (χ4v) is 2.03. The molecule has 0 aromatic heterocycles. The summed E-state index contributed by atoms with van der Waals surface area (Å²) in [7, 11) is 1.91. The van der Waals surface area contributed by atoms with Gasteiger partial charge in [0.1, 0.15) is 0 Å². The summed E-state index contributed by atoms with van der Waals surface area (Å²) in [4.78, 5) is 14.0. The quantitative estimate of drug-likeness (QED) is 0.701. The highest BCUT2D eigenvalue weighted by atomic mass is 16.2. The van der Waals surface area contributed by atoms with Crippen molar-refractivity contribution in [1.82, 2.24) is 4.90 Å². The van der Waals surface area contributed by atoms with Gasteiger partial charge < -0.3 is 4.90 Å². The Morgan fingerprint density at radius 3 is 1.93 bits per heavy atom. The van der Waals surface area contributed by atoms with Crippen LogP contribution >= 0.6 is 0 Å². The minimum atomic E-state index is -0.214. The molecule has 0 saturated heterocycles. The van der Waals surface area contributed by atoms with Crippen molar-refractivity contribution in [3.63, 3.8) is 0 Å². The Morgan fingerprint density at radius 2 is 1.60 bits per heavy atom. The van der Waals surface area contributed by atoms with E-state index in [0.717, 1.165) is 19.4 Å². The lowest BCUT2D eigenvalue weighted by atomic mass is 9.85. The van der Waals surface area contributed by atoms with Crippen molar-refractivity contribution in [2.75, 3.05) is 13.6 Å². The Balaban J connectivity index is 4.44. The first-order chi connectivity index (χ1) is 6.60. The summed E-state index contributed by atoms with van der Waals surface area (Å²) in [5.74, 6) is 0.263. The molecule has 0 aliphatic carbocycles. The summed E-state index contributed by atoms with van der Waals surface area (Å²) >= 11 is 0. The number of amides is 1. The van der Waals surface area contributed by atoms with Crippen LogP contribution in [0.5, 0.6) is 0 Å². The molecule has 0 aliphatic rings. The highest BCUT2D eigenvalue weighted by Gasteiger charge is 2.30.